The van der Waals surface area contributed by atoms with E-state index in [4.69, 9.17) is 9.47 Å². The van der Waals surface area contributed by atoms with E-state index >= 15 is 0 Å². The van der Waals surface area contributed by atoms with Crippen LogP contribution in [-0.4, -0.2) is 54.5 Å². The Morgan fingerprint density at radius 3 is 2.30 bits per heavy atom. The molecule has 2 atom stereocenters. The summed E-state index contributed by atoms with van der Waals surface area (Å²) < 4.78 is 35.1. The fourth-order valence-corrected chi connectivity index (χ4v) is 3.62. The molecule has 1 aromatic rings. The maximum atomic E-state index is 12.7. The van der Waals surface area contributed by atoms with E-state index in [9.17, 15) is 23.1 Å². The summed E-state index contributed by atoms with van der Waals surface area (Å²) >= 11 is 0. The van der Waals surface area contributed by atoms with Crippen molar-refractivity contribution in [3.8, 4) is 11.8 Å². The molecule has 1 aliphatic carbocycles. The lowest BCUT2D eigenvalue weighted by molar-refractivity contribution is -0.140. The van der Waals surface area contributed by atoms with E-state index in [1.54, 1.807) is 4.72 Å². The number of carbonyl (C=O) groups is 2. The smallest absolute Gasteiger partial charge is 0.335 e. The van der Waals surface area contributed by atoms with Crippen LogP contribution in [-0.2, 0) is 14.8 Å². The van der Waals surface area contributed by atoms with Crippen LogP contribution in [0.15, 0.2) is 30.4 Å². The minimum absolute atomic E-state index is 0.0817. The summed E-state index contributed by atoms with van der Waals surface area (Å²) in [5.74, 6) is -2.82. The Balaban J connectivity index is 2.23. The van der Waals surface area contributed by atoms with E-state index in [1.807, 2.05) is 0 Å². The molecule has 3 N–H and O–H groups in total. The van der Waals surface area contributed by atoms with Crippen molar-refractivity contribution in [1.29, 1.82) is 0 Å². The number of rotatable bonds is 6. The number of hydrogen-bond acceptors (Lipinski definition) is 8. The molecule has 0 radical (unpaired) electrons. The number of anilines is 1. The largest absolute Gasteiger partial charge is 0.481 e. The van der Waals surface area contributed by atoms with E-state index in [-0.39, 0.29) is 17.7 Å². The number of ether oxygens (including phenoxy) is 2. The molecule has 2 rings (SSSR count). The number of methoxy groups -OCH3 is 2. The van der Waals surface area contributed by atoms with Crippen LogP contribution in [0.2, 0.25) is 0 Å². The van der Waals surface area contributed by atoms with E-state index in [2.05, 4.69) is 15.3 Å². The van der Waals surface area contributed by atoms with Gasteiger partial charge < -0.3 is 14.6 Å². The van der Waals surface area contributed by atoms with Crippen LogP contribution in [0, 0.1) is 5.92 Å². The molecule has 11 nitrogen and oxygen atoms in total. The fourth-order valence-electron chi connectivity index (χ4n) is 2.33. The Bertz CT molecular complexity index is 890. The summed E-state index contributed by atoms with van der Waals surface area (Å²) in [5.41, 5.74) is 0. The molecule has 0 saturated carbocycles. The minimum Gasteiger partial charge on any atom is -0.481 e. The van der Waals surface area contributed by atoms with E-state index in [1.165, 1.54) is 51.5 Å². The Morgan fingerprint density at radius 2 is 1.78 bits per heavy atom. The van der Waals surface area contributed by atoms with Gasteiger partial charge in [-0.15, -0.1) is 0 Å². The summed E-state index contributed by atoms with van der Waals surface area (Å²) in [6.07, 6.45) is 5.25. The first kappa shape index (κ1) is 20.2. The van der Waals surface area contributed by atoms with Crippen molar-refractivity contribution in [1.82, 2.24) is 14.7 Å². The second kappa shape index (κ2) is 7.61. The van der Waals surface area contributed by atoms with Gasteiger partial charge in [-0.05, 0) is 6.92 Å². The highest BCUT2D eigenvalue weighted by molar-refractivity contribution is 7.91. The van der Waals surface area contributed by atoms with Crippen LogP contribution in [0.3, 0.4) is 0 Å². The number of carboxylic acid groups (broad SMARTS) is 1. The molecule has 2 amide bonds. The van der Waals surface area contributed by atoms with Gasteiger partial charge in [0.1, 0.15) is 4.75 Å². The minimum atomic E-state index is -4.43. The van der Waals surface area contributed by atoms with Gasteiger partial charge in [-0.25, -0.2) is 17.9 Å². The van der Waals surface area contributed by atoms with Crippen LogP contribution in [0.5, 0.6) is 11.8 Å². The first-order valence-corrected chi connectivity index (χ1v) is 9.00. The summed E-state index contributed by atoms with van der Waals surface area (Å²) in [7, 11) is -1.75. The second-order valence-corrected chi connectivity index (χ2v) is 7.67. The third kappa shape index (κ3) is 4.16. The maximum absolute atomic E-state index is 12.7. The number of hydrogen-bond donors (Lipinski definition) is 3. The topological polar surface area (TPSA) is 157 Å². The van der Waals surface area contributed by atoms with Crippen molar-refractivity contribution < 1.29 is 32.6 Å². The van der Waals surface area contributed by atoms with Crippen molar-refractivity contribution in [3.63, 3.8) is 0 Å². The molecule has 12 heteroatoms. The monoisotopic (exact) mass is 398 g/mol. The molecule has 0 aliphatic heterocycles. The summed E-state index contributed by atoms with van der Waals surface area (Å²) in [4.78, 5) is 31.2. The molecule has 1 aromatic heterocycles. The Labute approximate surface area is 155 Å². The van der Waals surface area contributed by atoms with Gasteiger partial charge in [0, 0.05) is 0 Å². The predicted octanol–water partition coefficient (Wildman–Crippen LogP) is 0.531. The number of aromatic nitrogens is 2. The van der Waals surface area contributed by atoms with Crippen LogP contribution < -0.4 is 19.5 Å². The van der Waals surface area contributed by atoms with Gasteiger partial charge in [-0.3, -0.25) is 10.1 Å². The Hall–Kier alpha value is -3.15. The average Bonchev–Trinajstić information content (AvgIpc) is 2.60. The Kier molecular flexibility index (Phi) is 5.69. The molecule has 1 heterocycles. The zero-order valence-electron chi connectivity index (χ0n) is 14.7. The lowest BCUT2D eigenvalue weighted by Crippen LogP contribution is -2.52. The molecule has 1 aliphatic rings. The van der Waals surface area contributed by atoms with Crippen molar-refractivity contribution in [2.24, 2.45) is 5.92 Å². The quantitative estimate of drug-likeness (QED) is 0.621. The van der Waals surface area contributed by atoms with E-state index < -0.39 is 32.7 Å². The zero-order chi connectivity index (χ0) is 20.2. The number of nitrogens with zero attached hydrogens (tertiary/aromatic N) is 2. The van der Waals surface area contributed by atoms with E-state index in [0.717, 1.165) is 0 Å². The van der Waals surface area contributed by atoms with Gasteiger partial charge >= 0.3 is 12.0 Å². The highest BCUT2D eigenvalue weighted by Crippen LogP contribution is 2.32. The van der Waals surface area contributed by atoms with Crippen molar-refractivity contribution in [2.75, 3.05) is 19.5 Å². The molecule has 0 fully saturated rings. The summed E-state index contributed by atoms with van der Waals surface area (Å²) in [5, 5.41) is 11.4. The number of carbonyl (C=O) groups excluding carboxylic acids is 1. The van der Waals surface area contributed by atoms with Gasteiger partial charge in [0.05, 0.1) is 26.2 Å². The second-order valence-electron chi connectivity index (χ2n) is 5.58. The van der Waals surface area contributed by atoms with Gasteiger partial charge in [-0.1, -0.05) is 24.3 Å². The molecule has 0 bridgehead atoms. The lowest BCUT2D eigenvalue weighted by Gasteiger charge is -2.31. The average molecular weight is 398 g/mol. The number of nitrogens with one attached hydrogen (secondary N) is 2. The van der Waals surface area contributed by atoms with Crippen molar-refractivity contribution in [3.05, 3.63) is 30.4 Å². The molecule has 27 heavy (non-hydrogen) atoms. The standard InChI is InChI=1S/C15H18N4O7S/c1-15(7-5-4-6-9(15)12(20)21)27(23,24)19-14(22)18-13-16-10(25-2)8-11(17-13)26-3/h4-9H,1-3H3,(H,20,21)(H2,16,17,18,19,22). The van der Waals surface area contributed by atoms with Crippen molar-refractivity contribution in [2.45, 2.75) is 11.7 Å². The zero-order valence-corrected chi connectivity index (χ0v) is 15.5. The summed E-state index contributed by atoms with van der Waals surface area (Å²) in [6.45, 7) is 1.20. The highest BCUT2D eigenvalue weighted by Gasteiger charge is 2.48. The third-order valence-electron chi connectivity index (χ3n) is 3.85. The van der Waals surface area contributed by atoms with E-state index in [0.29, 0.717) is 0 Å². The number of sulfonamides is 1. The summed E-state index contributed by atoms with van der Waals surface area (Å²) in [6, 6.07) is 0.191. The molecular weight excluding hydrogens is 380 g/mol. The number of amides is 2. The first-order valence-electron chi connectivity index (χ1n) is 7.52. The number of aliphatic carboxylic acids is 1. The van der Waals surface area contributed by atoms with Gasteiger partial charge in [0.15, 0.2) is 0 Å². The third-order valence-corrected chi connectivity index (χ3v) is 5.86. The highest BCUT2D eigenvalue weighted by atomic mass is 32.2. The van der Waals surface area contributed by atoms with Gasteiger partial charge in [-0.2, -0.15) is 9.97 Å². The van der Waals surface area contributed by atoms with Crippen LogP contribution in [0.4, 0.5) is 10.7 Å². The Morgan fingerprint density at radius 1 is 1.19 bits per heavy atom. The molecule has 2 unspecified atom stereocenters. The van der Waals surface area contributed by atoms with Crippen LogP contribution >= 0.6 is 0 Å². The number of allylic oxidation sites excluding steroid dienone is 2. The number of carboxylic acids is 1. The maximum Gasteiger partial charge on any atom is 0.335 e. The molecular formula is C15H18N4O7S. The number of urea groups is 1. The lowest BCUT2D eigenvalue weighted by atomic mass is 9.89. The predicted molar refractivity (Wildman–Crippen MR) is 94.0 cm³/mol. The van der Waals surface area contributed by atoms with Gasteiger partial charge in [0.2, 0.25) is 27.7 Å². The fraction of sp³-hybridized carbons (Fsp3) is 0.333. The van der Waals surface area contributed by atoms with Crippen LogP contribution in [0.1, 0.15) is 6.92 Å². The molecule has 0 saturated heterocycles. The molecule has 146 valence electrons. The van der Waals surface area contributed by atoms with Gasteiger partial charge in [0.25, 0.3) is 0 Å². The first-order chi connectivity index (χ1) is 12.6. The van der Waals surface area contributed by atoms with Crippen molar-refractivity contribution >= 4 is 28.0 Å². The molecule has 0 aromatic carbocycles. The molecule has 0 spiro atoms. The van der Waals surface area contributed by atoms with Crippen LogP contribution in [0.25, 0.3) is 0 Å². The normalized spacial score (nSPS) is 21.4. The SMILES string of the molecule is COc1cc(OC)nc(NC(=O)NS(=O)(=O)C2(C)C=CC=CC2C(=O)O)n1.